The lowest BCUT2D eigenvalue weighted by atomic mass is 10.0. The minimum atomic E-state index is -4.19. The van der Waals surface area contributed by atoms with Crippen molar-refractivity contribution in [3.63, 3.8) is 0 Å². The maximum Gasteiger partial charge on any atom is 0.264 e. The second-order valence-electron chi connectivity index (χ2n) is 10.5. The van der Waals surface area contributed by atoms with E-state index in [0.29, 0.717) is 27.8 Å². The van der Waals surface area contributed by atoms with Gasteiger partial charge in [-0.3, -0.25) is 13.9 Å². The van der Waals surface area contributed by atoms with Crippen LogP contribution < -0.4 is 9.62 Å². The predicted octanol–water partition coefficient (Wildman–Crippen LogP) is 6.58. The average Bonchev–Trinajstić information content (AvgIpc) is 2.99. The summed E-state index contributed by atoms with van der Waals surface area (Å²) in [5, 5.41) is 3.49. The highest BCUT2D eigenvalue weighted by atomic mass is 35.5. The Balaban J connectivity index is 1.83. The predicted molar refractivity (Wildman–Crippen MR) is 177 cm³/mol. The lowest BCUT2D eigenvalue weighted by molar-refractivity contribution is -0.140. The molecule has 0 bridgehead atoms. The Morgan fingerprint density at radius 3 is 2.07 bits per heavy atom. The maximum absolute atomic E-state index is 14.5. The van der Waals surface area contributed by atoms with Crippen molar-refractivity contribution in [3.05, 3.63) is 129 Å². The van der Waals surface area contributed by atoms with Gasteiger partial charge in [0.05, 0.1) is 10.6 Å². The molecule has 44 heavy (non-hydrogen) atoms. The van der Waals surface area contributed by atoms with Crippen molar-refractivity contribution in [1.29, 1.82) is 0 Å². The van der Waals surface area contributed by atoms with E-state index in [1.807, 2.05) is 50.2 Å². The standard InChI is InChI=1S/C34H35Cl2N3O4S/c1-4-37-34(41)32(21-26-11-6-5-7-12-26)38(22-29-30(35)14-9-15-31(29)36)33(40)23-39(27-13-8-10-25(3)20-27)44(42,43)28-18-16-24(2)17-19-28/h5-20,32H,4,21-23H2,1-3H3,(H,37,41)/t32-/m0/s1. The highest BCUT2D eigenvalue weighted by Gasteiger charge is 2.35. The van der Waals surface area contributed by atoms with E-state index in [-0.39, 0.29) is 23.8 Å². The summed E-state index contributed by atoms with van der Waals surface area (Å²) in [5.74, 6) is -0.971. The zero-order chi connectivity index (χ0) is 31.9. The normalized spacial score (nSPS) is 11.9. The fourth-order valence-corrected chi connectivity index (χ4v) is 6.77. The number of sulfonamides is 1. The van der Waals surface area contributed by atoms with E-state index in [9.17, 15) is 18.0 Å². The Bertz CT molecular complexity index is 1690. The van der Waals surface area contributed by atoms with Crippen molar-refractivity contribution in [3.8, 4) is 0 Å². The van der Waals surface area contributed by atoms with Crippen LogP contribution >= 0.6 is 23.2 Å². The number of halogens is 2. The van der Waals surface area contributed by atoms with Crippen molar-refractivity contribution in [2.24, 2.45) is 0 Å². The molecule has 0 aliphatic carbocycles. The van der Waals surface area contributed by atoms with Gasteiger partial charge in [-0.25, -0.2) is 8.42 Å². The van der Waals surface area contributed by atoms with Crippen LogP contribution in [0.5, 0.6) is 0 Å². The average molecular weight is 653 g/mol. The number of benzene rings is 4. The van der Waals surface area contributed by atoms with Crippen LogP contribution in [-0.4, -0.2) is 44.3 Å². The third kappa shape index (κ3) is 8.00. The molecule has 1 atom stereocenters. The summed E-state index contributed by atoms with van der Waals surface area (Å²) >= 11 is 13.1. The summed E-state index contributed by atoms with van der Waals surface area (Å²) < 4.78 is 29.3. The lowest BCUT2D eigenvalue weighted by Gasteiger charge is -2.34. The third-order valence-electron chi connectivity index (χ3n) is 7.19. The minimum absolute atomic E-state index is 0.0441. The number of carbonyl (C=O) groups excluding carboxylic acids is 2. The largest absolute Gasteiger partial charge is 0.355 e. The summed E-state index contributed by atoms with van der Waals surface area (Å²) in [7, 11) is -4.19. The molecule has 0 aliphatic heterocycles. The molecule has 0 spiro atoms. The number of nitrogens with one attached hydrogen (secondary N) is 1. The van der Waals surface area contributed by atoms with E-state index in [0.717, 1.165) is 21.0 Å². The molecule has 0 saturated heterocycles. The van der Waals surface area contributed by atoms with E-state index >= 15 is 0 Å². The summed E-state index contributed by atoms with van der Waals surface area (Å²) in [6.45, 7) is 5.17. The number of carbonyl (C=O) groups is 2. The van der Waals surface area contributed by atoms with Crippen molar-refractivity contribution in [2.45, 2.75) is 44.7 Å². The van der Waals surface area contributed by atoms with E-state index in [1.165, 1.54) is 17.0 Å². The molecule has 0 aliphatic rings. The number of hydrogen-bond donors (Lipinski definition) is 1. The van der Waals surface area contributed by atoms with Crippen LogP contribution in [0.15, 0.2) is 102 Å². The Labute approximate surface area is 269 Å². The van der Waals surface area contributed by atoms with Gasteiger partial charge in [0.2, 0.25) is 11.8 Å². The molecule has 1 N–H and O–H groups in total. The number of rotatable bonds is 12. The van der Waals surface area contributed by atoms with Crippen LogP contribution in [0.3, 0.4) is 0 Å². The SMILES string of the molecule is CCNC(=O)[C@H](Cc1ccccc1)N(Cc1c(Cl)cccc1Cl)C(=O)CN(c1cccc(C)c1)S(=O)(=O)c1ccc(C)cc1. The molecule has 4 aromatic carbocycles. The molecule has 230 valence electrons. The number of anilines is 1. The lowest BCUT2D eigenvalue weighted by Crippen LogP contribution is -2.53. The Morgan fingerprint density at radius 2 is 1.45 bits per heavy atom. The molecular formula is C34H35Cl2N3O4S. The summed E-state index contributed by atoms with van der Waals surface area (Å²) in [5.41, 5.74) is 3.33. The van der Waals surface area contributed by atoms with Gasteiger partial charge in [-0.05, 0) is 68.3 Å². The van der Waals surface area contributed by atoms with E-state index in [4.69, 9.17) is 23.2 Å². The van der Waals surface area contributed by atoms with Gasteiger partial charge in [0, 0.05) is 35.1 Å². The highest BCUT2D eigenvalue weighted by molar-refractivity contribution is 7.92. The summed E-state index contributed by atoms with van der Waals surface area (Å²) in [4.78, 5) is 29.5. The maximum atomic E-state index is 14.5. The number of hydrogen-bond acceptors (Lipinski definition) is 4. The molecule has 0 unspecified atom stereocenters. The molecular weight excluding hydrogens is 617 g/mol. The van der Waals surface area contributed by atoms with E-state index in [2.05, 4.69) is 5.32 Å². The quantitative estimate of drug-likeness (QED) is 0.187. The van der Waals surface area contributed by atoms with Gasteiger partial charge in [-0.2, -0.15) is 0 Å². The van der Waals surface area contributed by atoms with Gasteiger partial charge in [0.15, 0.2) is 0 Å². The second-order valence-corrected chi connectivity index (χ2v) is 13.2. The third-order valence-corrected chi connectivity index (χ3v) is 9.69. The first kappa shape index (κ1) is 33.1. The van der Waals surface area contributed by atoms with Gasteiger partial charge in [0.25, 0.3) is 10.0 Å². The Kier molecular flexibility index (Phi) is 11.1. The smallest absolute Gasteiger partial charge is 0.264 e. The monoisotopic (exact) mass is 651 g/mol. The number of likely N-dealkylation sites (N-methyl/N-ethyl adjacent to an activating group) is 1. The van der Waals surface area contributed by atoms with Crippen molar-refractivity contribution in [1.82, 2.24) is 10.2 Å². The summed E-state index contributed by atoms with van der Waals surface area (Å²) in [6.07, 6.45) is 0.190. The van der Waals surface area contributed by atoms with Gasteiger partial charge >= 0.3 is 0 Å². The van der Waals surface area contributed by atoms with Crippen molar-refractivity contribution in [2.75, 3.05) is 17.4 Å². The molecule has 0 heterocycles. The van der Waals surface area contributed by atoms with Gasteiger partial charge in [-0.1, -0.05) is 89.4 Å². The molecule has 0 saturated carbocycles. The number of aryl methyl sites for hydroxylation is 2. The highest BCUT2D eigenvalue weighted by Crippen LogP contribution is 2.29. The topological polar surface area (TPSA) is 86.8 Å². The van der Waals surface area contributed by atoms with Crippen LogP contribution in [0.2, 0.25) is 10.0 Å². The van der Waals surface area contributed by atoms with Crippen molar-refractivity contribution < 1.29 is 18.0 Å². The zero-order valence-corrected chi connectivity index (χ0v) is 27.2. The first-order valence-electron chi connectivity index (χ1n) is 14.2. The molecule has 0 fully saturated rings. The van der Waals surface area contributed by atoms with Crippen LogP contribution in [-0.2, 0) is 32.6 Å². The zero-order valence-electron chi connectivity index (χ0n) is 24.8. The molecule has 2 amide bonds. The molecule has 10 heteroatoms. The Morgan fingerprint density at radius 1 is 0.818 bits per heavy atom. The minimum Gasteiger partial charge on any atom is -0.355 e. The fourth-order valence-electron chi connectivity index (χ4n) is 4.85. The molecule has 4 aromatic rings. The first-order chi connectivity index (χ1) is 21.0. The van der Waals surface area contributed by atoms with Crippen LogP contribution in [0.4, 0.5) is 5.69 Å². The number of nitrogens with zero attached hydrogens (tertiary/aromatic N) is 2. The van der Waals surface area contributed by atoms with Crippen LogP contribution in [0.25, 0.3) is 0 Å². The van der Waals surface area contributed by atoms with Crippen LogP contribution in [0.1, 0.15) is 29.2 Å². The fraction of sp³-hybridized carbons (Fsp3) is 0.235. The molecule has 4 rings (SSSR count). The number of amides is 2. The summed E-state index contributed by atoms with van der Waals surface area (Å²) in [6, 6.07) is 26.7. The van der Waals surface area contributed by atoms with Gasteiger partial charge in [0.1, 0.15) is 12.6 Å². The molecule has 0 radical (unpaired) electrons. The molecule has 7 nitrogen and oxygen atoms in total. The van der Waals surface area contributed by atoms with Crippen molar-refractivity contribution >= 4 is 50.7 Å². The van der Waals surface area contributed by atoms with Gasteiger partial charge in [-0.15, -0.1) is 0 Å². The van der Waals surface area contributed by atoms with Gasteiger partial charge < -0.3 is 10.2 Å². The van der Waals surface area contributed by atoms with E-state index < -0.39 is 28.5 Å². The molecule has 0 aromatic heterocycles. The first-order valence-corrected chi connectivity index (χ1v) is 16.4. The van der Waals surface area contributed by atoms with E-state index in [1.54, 1.807) is 55.5 Å². The Hall–Kier alpha value is -3.85. The second kappa shape index (κ2) is 14.8. The van der Waals surface area contributed by atoms with Crippen LogP contribution in [0, 0.1) is 13.8 Å².